The lowest BCUT2D eigenvalue weighted by Gasteiger charge is -2.18. The fourth-order valence-corrected chi connectivity index (χ4v) is 2.45. The molecule has 19 heavy (non-hydrogen) atoms. The van der Waals surface area contributed by atoms with Gasteiger partial charge in [-0.3, -0.25) is 10.1 Å². The maximum absolute atomic E-state index is 11.0. The molecule has 1 fully saturated rings. The van der Waals surface area contributed by atoms with E-state index in [1.165, 1.54) is 18.2 Å². The number of aromatic carboxylic acids is 1. The Morgan fingerprint density at radius 2 is 2.32 bits per heavy atom. The van der Waals surface area contributed by atoms with Gasteiger partial charge in [0.05, 0.1) is 10.5 Å². The predicted octanol–water partition coefficient (Wildman–Crippen LogP) is 2.53. The molecule has 0 bridgehead atoms. The topological polar surface area (TPSA) is 83.7 Å². The van der Waals surface area contributed by atoms with Crippen LogP contribution in [0.4, 0.5) is 11.4 Å². The number of carboxylic acid groups (broad SMARTS) is 1. The van der Waals surface area contributed by atoms with Crippen LogP contribution in [-0.2, 0) is 0 Å². The second-order valence-corrected chi connectivity index (χ2v) is 4.77. The first-order valence-electron chi connectivity index (χ1n) is 6.29. The molecule has 0 spiro atoms. The number of hydrogen-bond acceptors (Lipinski definition) is 4. The van der Waals surface area contributed by atoms with Gasteiger partial charge in [-0.05, 0) is 24.5 Å². The Hall–Kier alpha value is -2.11. The molecule has 1 atom stereocenters. The van der Waals surface area contributed by atoms with E-state index >= 15 is 0 Å². The Kier molecular flexibility index (Phi) is 3.69. The largest absolute Gasteiger partial charge is 0.478 e. The van der Waals surface area contributed by atoms with Crippen LogP contribution >= 0.6 is 0 Å². The summed E-state index contributed by atoms with van der Waals surface area (Å²) in [6, 6.07) is 3.95. The van der Waals surface area contributed by atoms with Crippen molar-refractivity contribution >= 4 is 17.3 Å². The molecule has 0 radical (unpaired) electrons. The van der Waals surface area contributed by atoms with Crippen LogP contribution in [0.3, 0.4) is 0 Å². The molecule has 0 aliphatic carbocycles. The molecule has 1 aromatic carbocycles. The normalized spacial score (nSPS) is 18.6. The van der Waals surface area contributed by atoms with Gasteiger partial charge in [-0.25, -0.2) is 4.79 Å². The standard InChI is InChI=1S/C13H16N2O4/c1-2-9-5-6-14(8-9)12-7-10(13(16)17)3-4-11(12)15(18)19/h3-4,7,9H,2,5-6,8H2,1H3,(H,16,17). The van der Waals surface area contributed by atoms with E-state index < -0.39 is 10.9 Å². The van der Waals surface area contributed by atoms with Gasteiger partial charge in [-0.15, -0.1) is 0 Å². The van der Waals surface area contributed by atoms with Gasteiger partial charge in [0.25, 0.3) is 5.69 Å². The molecule has 0 saturated carbocycles. The molecule has 0 aromatic heterocycles. The quantitative estimate of drug-likeness (QED) is 0.667. The van der Waals surface area contributed by atoms with Gasteiger partial charge >= 0.3 is 5.97 Å². The van der Waals surface area contributed by atoms with Crippen molar-refractivity contribution in [3.8, 4) is 0 Å². The Labute approximate surface area is 110 Å². The first-order chi connectivity index (χ1) is 9.02. The summed E-state index contributed by atoms with van der Waals surface area (Å²) in [5.41, 5.74) is 0.475. The maximum Gasteiger partial charge on any atom is 0.335 e. The van der Waals surface area contributed by atoms with E-state index in [1.807, 2.05) is 4.90 Å². The lowest BCUT2D eigenvalue weighted by atomic mass is 10.1. The third kappa shape index (κ3) is 2.67. The minimum Gasteiger partial charge on any atom is -0.478 e. The monoisotopic (exact) mass is 264 g/mol. The molecule has 6 heteroatoms. The van der Waals surface area contributed by atoms with Gasteiger partial charge in [-0.2, -0.15) is 0 Å². The maximum atomic E-state index is 11.0. The highest BCUT2D eigenvalue weighted by molar-refractivity contribution is 5.90. The van der Waals surface area contributed by atoms with E-state index in [1.54, 1.807) is 0 Å². The number of carboxylic acids is 1. The SMILES string of the molecule is CCC1CCN(c2cc(C(=O)O)ccc2[N+](=O)[O-])C1. The molecule has 1 saturated heterocycles. The van der Waals surface area contributed by atoms with Crippen molar-refractivity contribution < 1.29 is 14.8 Å². The highest BCUT2D eigenvalue weighted by atomic mass is 16.6. The van der Waals surface area contributed by atoms with Crippen molar-refractivity contribution in [2.75, 3.05) is 18.0 Å². The zero-order valence-corrected chi connectivity index (χ0v) is 10.7. The number of carbonyl (C=O) groups is 1. The lowest BCUT2D eigenvalue weighted by molar-refractivity contribution is -0.384. The zero-order valence-electron chi connectivity index (χ0n) is 10.7. The molecule has 1 unspecified atom stereocenters. The number of nitro benzene ring substituents is 1. The molecule has 1 N–H and O–H groups in total. The van der Waals surface area contributed by atoms with Crippen LogP contribution in [-0.4, -0.2) is 29.1 Å². The Morgan fingerprint density at radius 1 is 1.58 bits per heavy atom. The summed E-state index contributed by atoms with van der Waals surface area (Å²) in [4.78, 5) is 23.5. The third-order valence-corrected chi connectivity index (χ3v) is 3.62. The first-order valence-corrected chi connectivity index (χ1v) is 6.29. The summed E-state index contributed by atoms with van der Waals surface area (Å²) < 4.78 is 0. The smallest absolute Gasteiger partial charge is 0.335 e. The minimum atomic E-state index is -1.07. The average molecular weight is 264 g/mol. The highest BCUT2D eigenvalue weighted by Gasteiger charge is 2.27. The van der Waals surface area contributed by atoms with Gasteiger partial charge < -0.3 is 10.0 Å². The van der Waals surface area contributed by atoms with E-state index in [2.05, 4.69) is 6.92 Å². The van der Waals surface area contributed by atoms with Crippen LogP contribution in [0.25, 0.3) is 0 Å². The van der Waals surface area contributed by atoms with Gasteiger partial charge in [0.15, 0.2) is 0 Å². The summed E-state index contributed by atoms with van der Waals surface area (Å²) in [5, 5.41) is 20.0. The highest BCUT2D eigenvalue weighted by Crippen LogP contribution is 2.33. The van der Waals surface area contributed by atoms with Gasteiger partial charge in [0.2, 0.25) is 0 Å². The lowest BCUT2D eigenvalue weighted by Crippen LogP contribution is -2.21. The molecular weight excluding hydrogens is 248 g/mol. The van der Waals surface area contributed by atoms with Crippen molar-refractivity contribution in [1.29, 1.82) is 0 Å². The van der Waals surface area contributed by atoms with Crippen molar-refractivity contribution in [3.63, 3.8) is 0 Å². The van der Waals surface area contributed by atoms with Crippen LogP contribution in [0.2, 0.25) is 0 Å². The molecule has 6 nitrogen and oxygen atoms in total. The van der Waals surface area contributed by atoms with Crippen LogP contribution < -0.4 is 4.90 Å². The average Bonchev–Trinajstić information content (AvgIpc) is 2.86. The van der Waals surface area contributed by atoms with Gasteiger partial charge in [-0.1, -0.05) is 13.3 Å². The summed E-state index contributed by atoms with van der Waals surface area (Å²) in [6.45, 7) is 3.58. The molecule has 102 valence electrons. The molecule has 1 aromatic rings. The summed E-state index contributed by atoms with van der Waals surface area (Å²) in [7, 11) is 0. The van der Waals surface area contributed by atoms with E-state index in [9.17, 15) is 14.9 Å². The first kappa shape index (κ1) is 13.3. The van der Waals surface area contributed by atoms with Gasteiger partial charge in [0.1, 0.15) is 5.69 Å². The minimum absolute atomic E-state index is 0.0262. The molecule has 1 aliphatic rings. The van der Waals surface area contributed by atoms with Crippen LogP contribution in [0.5, 0.6) is 0 Å². The Bertz CT molecular complexity index is 515. The number of hydrogen-bond donors (Lipinski definition) is 1. The zero-order chi connectivity index (χ0) is 14.0. The Balaban J connectivity index is 2.38. The van der Waals surface area contributed by atoms with Crippen molar-refractivity contribution in [3.05, 3.63) is 33.9 Å². The molecule has 0 amide bonds. The Morgan fingerprint density at radius 3 is 2.84 bits per heavy atom. The van der Waals surface area contributed by atoms with E-state index in [-0.39, 0.29) is 11.3 Å². The summed E-state index contributed by atoms with van der Waals surface area (Å²) in [6.07, 6.45) is 2.02. The van der Waals surface area contributed by atoms with E-state index in [0.717, 1.165) is 25.9 Å². The van der Waals surface area contributed by atoms with Crippen LogP contribution in [0.1, 0.15) is 30.1 Å². The fraction of sp³-hybridized carbons (Fsp3) is 0.462. The van der Waals surface area contributed by atoms with Crippen molar-refractivity contribution in [2.24, 2.45) is 5.92 Å². The van der Waals surface area contributed by atoms with E-state index in [0.29, 0.717) is 11.6 Å². The van der Waals surface area contributed by atoms with E-state index in [4.69, 9.17) is 5.11 Å². The van der Waals surface area contributed by atoms with Crippen LogP contribution in [0, 0.1) is 16.0 Å². The second kappa shape index (κ2) is 5.26. The van der Waals surface area contributed by atoms with Crippen molar-refractivity contribution in [2.45, 2.75) is 19.8 Å². The molecule has 1 heterocycles. The number of nitro groups is 1. The number of nitrogens with zero attached hydrogens (tertiary/aromatic N) is 2. The predicted molar refractivity (Wildman–Crippen MR) is 70.7 cm³/mol. The fourth-order valence-electron chi connectivity index (χ4n) is 2.45. The summed E-state index contributed by atoms with van der Waals surface area (Å²) >= 11 is 0. The molecule has 2 rings (SSSR count). The number of benzene rings is 1. The molecular formula is C13H16N2O4. The van der Waals surface area contributed by atoms with Gasteiger partial charge in [0, 0.05) is 19.2 Å². The van der Waals surface area contributed by atoms with Crippen molar-refractivity contribution in [1.82, 2.24) is 0 Å². The summed E-state index contributed by atoms with van der Waals surface area (Å²) in [5.74, 6) is -0.546. The van der Waals surface area contributed by atoms with Crippen LogP contribution in [0.15, 0.2) is 18.2 Å². The third-order valence-electron chi connectivity index (χ3n) is 3.62. The number of rotatable bonds is 4. The molecule has 1 aliphatic heterocycles. The second-order valence-electron chi connectivity index (χ2n) is 4.77. The number of anilines is 1.